The molecule has 0 aliphatic heterocycles. The molecule has 7 heteroatoms. The molecule has 1 aromatic carbocycles. The Hall–Kier alpha value is -1.77. The van der Waals surface area contributed by atoms with Gasteiger partial charge in [-0.1, -0.05) is 18.2 Å². The molecule has 1 atom stereocenters. The summed E-state index contributed by atoms with van der Waals surface area (Å²) in [7, 11) is 2.00. The maximum atomic E-state index is 4.71. The van der Waals surface area contributed by atoms with Crippen molar-refractivity contribution >= 4 is 35.6 Å². The first-order valence-corrected chi connectivity index (χ1v) is 9.84. The van der Waals surface area contributed by atoms with Gasteiger partial charge in [0, 0.05) is 44.1 Å². The highest BCUT2D eigenvalue weighted by molar-refractivity contribution is 14.0. The Morgan fingerprint density at radius 2 is 1.93 bits per heavy atom. The van der Waals surface area contributed by atoms with Gasteiger partial charge in [0.2, 0.25) is 0 Å². The van der Waals surface area contributed by atoms with Gasteiger partial charge >= 0.3 is 0 Å². The maximum absolute atomic E-state index is 4.71. The summed E-state index contributed by atoms with van der Waals surface area (Å²) in [6.07, 6.45) is 1.92. The molecule has 156 valence electrons. The van der Waals surface area contributed by atoms with Gasteiger partial charge in [-0.15, -0.1) is 24.0 Å². The summed E-state index contributed by atoms with van der Waals surface area (Å²) in [4.78, 5) is 4.71. The summed E-state index contributed by atoms with van der Waals surface area (Å²) < 4.78 is 1.95. The second kappa shape index (κ2) is 12.6. The molecular weight excluding hydrogens is 463 g/mol. The monoisotopic (exact) mass is 498 g/mol. The minimum Gasteiger partial charge on any atom is -0.385 e. The third-order valence-corrected chi connectivity index (χ3v) is 4.60. The minimum absolute atomic E-state index is 0. The Kier molecular flexibility index (Phi) is 11.0. The molecule has 28 heavy (non-hydrogen) atoms. The third-order valence-electron chi connectivity index (χ3n) is 4.60. The van der Waals surface area contributed by atoms with Crippen LogP contribution in [0.15, 0.2) is 35.3 Å². The molecule has 0 saturated heterocycles. The van der Waals surface area contributed by atoms with Gasteiger partial charge in [0.25, 0.3) is 0 Å². The molecular formula is C21H35IN6. The van der Waals surface area contributed by atoms with Crippen LogP contribution in [0, 0.1) is 13.8 Å². The van der Waals surface area contributed by atoms with Crippen molar-refractivity contribution in [3.8, 4) is 0 Å². The van der Waals surface area contributed by atoms with Crippen molar-refractivity contribution < 1.29 is 0 Å². The Balaban J connectivity index is 0.00000392. The van der Waals surface area contributed by atoms with E-state index < -0.39 is 0 Å². The lowest BCUT2D eigenvalue weighted by Crippen LogP contribution is -2.43. The average molecular weight is 498 g/mol. The summed E-state index contributed by atoms with van der Waals surface area (Å²) in [5.41, 5.74) is 4.82. The number of nitrogens with one attached hydrogen (secondary N) is 3. The Morgan fingerprint density at radius 3 is 2.54 bits per heavy atom. The second-order valence-electron chi connectivity index (χ2n) is 6.93. The smallest absolute Gasteiger partial charge is 0.191 e. The van der Waals surface area contributed by atoms with Crippen molar-refractivity contribution in [2.45, 2.75) is 46.6 Å². The number of nitrogens with zero attached hydrogens (tertiary/aromatic N) is 3. The lowest BCUT2D eigenvalue weighted by Gasteiger charge is -2.18. The van der Waals surface area contributed by atoms with Crippen molar-refractivity contribution in [3.05, 3.63) is 47.3 Å². The maximum Gasteiger partial charge on any atom is 0.191 e. The summed E-state index contributed by atoms with van der Waals surface area (Å²) in [5, 5.41) is 14.8. The van der Waals surface area contributed by atoms with Crippen molar-refractivity contribution in [1.82, 2.24) is 20.4 Å². The SMILES string of the molecule is CCNC(=NCCCNc1ccccc1)NC(C)Cc1c(C)nn(C)c1C.I. The lowest BCUT2D eigenvalue weighted by molar-refractivity contribution is 0.635. The summed E-state index contributed by atoms with van der Waals surface area (Å²) in [5.74, 6) is 0.879. The highest BCUT2D eigenvalue weighted by Crippen LogP contribution is 2.14. The van der Waals surface area contributed by atoms with E-state index in [1.54, 1.807) is 0 Å². The Labute approximate surface area is 186 Å². The molecule has 6 nitrogen and oxygen atoms in total. The van der Waals surface area contributed by atoms with E-state index in [1.165, 1.54) is 11.3 Å². The van der Waals surface area contributed by atoms with E-state index in [-0.39, 0.29) is 30.0 Å². The van der Waals surface area contributed by atoms with Crippen LogP contribution in [0.3, 0.4) is 0 Å². The molecule has 0 saturated carbocycles. The second-order valence-corrected chi connectivity index (χ2v) is 6.93. The van der Waals surface area contributed by atoms with Crippen LogP contribution < -0.4 is 16.0 Å². The molecule has 0 fully saturated rings. The third kappa shape index (κ3) is 7.69. The van der Waals surface area contributed by atoms with E-state index in [0.29, 0.717) is 0 Å². The fourth-order valence-electron chi connectivity index (χ4n) is 3.08. The highest BCUT2D eigenvalue weighted by atomic mass is 127. The van der Waals surface area contributed by atoms with Crippen LogP contribution in [0.5, 0.6) is 0 Å². The minimum atomic E-state index is 0. The standard InChI is InChI=1S/C21H34N6.HI/c1-6-22-21(24-14-10-13-23-19-11-8-7-9-12-19)25-16(2)15-20-17(3)26-27(5)18(20)4;/h7-9,11-12,16,23H,6,10,13-15H2,1-5H3,(H2,22,24,25);1H. The average Bonchev–Trinajstić information content (AvgIpc) is 2.88. The van der Waals surface area contributed by atoms with Crippen LogP contribution in [-0.4, -0.2) is 41.4 Å². The number of halogens is 1. The molecule has 0 aliphatic rings. The van der Waals surface area contributed by atoms with Crippen molar-refractivity contribution in [1.29, 1.82) is 0 Å². The van der Waals surface area contributed by atoms with E-state index in [4.69, 9.17) is 4.99 Å². The van der Waals surface area contributed by atoms with Crippen LogP contribution in [0.1, 0.15) is 37.2 Å². The van der Waals surface area contributed by atoms with Crippen molar-refractivity contribution in [3.63, 3.8) is 0 Å². The largest absolute Gasteiger partial charge is 0.385 e. The van der Waals surface area contributed by atoms with E-state index >= 15 is 0 Å². The number of aryl methyl sites for hydroxylation is 2. The number of hydrogen-bond acceptors (Lipinski definition) is 3. The number of aromatic nitrogens is 2. The molecule has 0 spiro atoms. The van der Waals surface area contributed by atoms with Crippen molar-refractivity contribution in [2.24, 2.45) is 12.0 Å². The van der Waals surface area contributed by atoms with Gasteiger partial charge in [0.05, 0.1) is 5.69 Å². The van der Waals surface area contributed by atoms with Crippen LogP contribution in [0.25, 0.3) is 0 Å². The van der Waals surface area contributed by atoms with Gasteiger partial charge in [0.15, 0.2) is 5.96 Å². The summed E-state index contributed by atoms with van der Waals surface area (Å²) in [6.45, 7) is 11.0. The first kappa shape index (κ1) is 24.3. The van der Waals surface area contributed by atoms with Crippen LogP contribution in [0.2, 0.25) is 0 Å². The molecule has 1 heterocycles. The number of anilines is 1. The normalized spacial score (nSPS) is 12.2. The van der Waals surface area contributed by atoms with Crippen LogP contribution in [-0.2, 0) is 13.5 Å². The zero-order valence-electron chi connectivity index (χ0n) is 17.7. The van der Waals surface area contributed by atoms with E-state index in [1.807, 2.05) is 29.9 Å². The number of rotatable bonds is 9. The quantitative estimate of drug-likeness (QED) is 0.214. The molecule has 2 rings (SSSR count). The van der Waals surface area contributed by atoms with Gasteiger partial charge in [0.1, 0.15) is 0 Å². The molecule has 2 aromatic rings. The van der Waals surface area contributed by atoms with Crippen molar-refractivity contribution in [2.75, 3.05) is 25.0 Å². The fourth-order valence-corrected chi connectivity index (χ4v) is 3.08. The molecule has 0 bridgehead atoms. The fraction of sp³-hybridized carbons (Fsp3) is 0.524. The molecule has 0 aliphatic carbocycles. The van der Waals surface area contributed by atoms with Gasteiger partial charge < -0.3 is 16.0 Å². The topological polar surface area (TPSA) is 66.3 Å². The first-order chi connectivity index (χ1) is 13.0. The van der Waals surface area contributed by atoms with Gasteiger partial charge in [-0.2, -0.15) is 5.10 Å². The Bertz CT molecular complexity index is 726. The molecule has 3 N–H and O–H groups in total. The predicted molar refractivity (Wildman–Crippen MR) is 130 cm³/mol. The van der Waals surface area contributed by atoms with E-state index in [0.717, 1.165) is 49.8 Å². The number of guanidine groups is 1. The number of para-hydroxylation sites is 1. The lowest BCUT2D eigenvalue weighted by atomic mass is 10.1. The Morgan fingerprint density at radius 1 is 1.21 bits per heavy atom. The number of hydrogen-bond donors (Lipinski definition) is 3. The number of benzene rings is 1. The van der Waals surface area contributed by atoms with E-state index in [9.17, 15) is 0 Å². The van der Waals surface area contributed by atoms with Crippen LogP contribution in [0.4, 0.5) is 5.69 Å². The summed E-state index contributed by atoms with van der Waals surface area (Å²) in [6, 6.07) is 10.6. The van der Waals surface area contributed by atoms with Gasteiger partial charge in [-0.05, 0) is 58.2 Å². The first-order valence-electron chi connectivity index (χ1n) is 9.84. The van der Waals surface area contributed by atoms with E-state index in [2.05, 4.69) is 60.9 Å². The van der Waals surface area contributed by atoms with Gasteiger partial charge in [-0.25, -0.2) is 0 Å². The highest BCUT2D eigenvalue weighted by Gasteiger charge is 2.13. The molecule has 0 amide bonds. The molecule has 0 radical (unpaired) electrons. The summed E-state index contributed by atoms with van der Waals surface area (Å²) >= 11 is 0. The molecule has 1 unspecified atom stereocenters. The van der Waals surface area contributed by atoms with Crippen LogP contribution >= 0.6 is 24.0 Å². The predicted octanol–water partition coefficient (Wildman–Crippen LogP) is 3.64. The van der Waals surface area contributed by atoms with Gasteiger partial charge in [-0.3, -0.25) is 9.67 Å². The zero-order valence-corrected chi connectivity index (χ0v) is 20.1. The molecule has 1 aromatic heterocycles. The zero-order chi connectivity index (χ0) is 19.6. The number of aliphatic imine (C=N–C) groups is 1.